The molecule has 1 atom stereocenters. The molecule has 0 radical (unpaired) electrons. The van der Waals surface area contributed by atoms with Crippen molar-refractivity contribution in [1.29, 1.82) is 0 Å². The first-order chi connectivity index (χ1) is 15.8. The lowest BCUT2D eigenvalue weighted by Crippen LogP contribution is -2.42. The van der Waals surface area contributed by atoms with E-state index in [1.807, 2.05) is 58.0 Å². The van der Waals surface area contributed by atoms with Crippen molar-refractivity contribution in [3.05, 3.63) is 70.3 Å². The number of carbonyl (C=O) groups is 1. The number of para-hydroxylation sites is 1. The second-order valence-corrected chi connectivity index (χ2v) is 8.29. The van der Waals surface area contributed by atoms with Gasteiger partial charge < -0.3 is 19.7 Å². The second-order valence-electron chi connectivity index (χ2n) is 8.29. The van der Waals surface area contributed by atoms with Crippen LogP contribution in [0.5, 0.6) is 5.75 Å². The summed E-state index contributed by atoms with van der Waals surface area (Å²) >= 11 is 0. The van der Waals surface area contributed by atoms with Gasteiger partial charge in [-0.1, -0.05) is 12.1 Å². The number of hydrogen-bond donors (Lipinski definition) is 1. The Kier molecular flexibility index (Phi) is 6.55. The monoisotopic (exact) mass is 447 g/mol. The molecular weight excluding hydrogens is 418 g/mol. The summed E-state index contributed by atoms with van der Waals surface area (Å²) in [7, 11) is 1.59. The minimum absolute atomic E-state index is 0.0708. The summed E-state index contributed by atoms with van der Waals surface area (Å²) in [6, 6.07) is 11.4. The van der Waals surface area contributed by atoms with Crippen LogP contribution in [0.1, 0.15) is 44.8 Å². The fourth-order valence-corrected chi connectivity index (χ4v) is 4.12. The van der Waals surface area contributed by atoms with E-state index >= 15 is 0 Å². The zero-order valence-electron chi connectivity index (χ0n) is 19.7. The number of carbonyl (C=O) groups excluding carboxylic acids is 1. The number of aromatic nitrogens is 3. The highest BCUT2D eigenvalue weighted by atomic mass is 16.5. The third-order valence-electron chi connectivity index (χ3n) is 5.54. The van der Waals surface area contributed by atoms with E-state index in [2.05, 4.69) is 20.3 Å². The standard InChI is InChI=1S/C25H29N5O3/c1-15-7-6-8-20(23(15)32-5)24(31)30-9-10-33-22(14-30)21-13-19(12-18(4)26-21)29-25-27-16(2)11-17(3)28-25/h6-8,11-13,22H,9-10,14H2,1-5H3,(H,26,27,28,29). The molecule has 172 valence electrons. The highest BCUT2D eigenvalue weighted by Crippen LogP contribution is 2.29. The number of anilines is 2. The maximum Gasteiger partial charge on any atom is 0.257 e. The van der Waals surface area contributed by atoms with E-state index in [0.29, 0.717) is 37.0 Å². The minimum Gasteiger partial charge on any atom is -0.496 e. The Morgan fingerprint density at radius 3 is 2.52 bits per heavy atom. The number of nitrogens with one attached hydrogen (secondary N) is 1. The number of rotatable bonds is 5. The van der Waals surface area contributed by atoms with Gasteiger partial charge in [0.1, 0.15) is 11.9 Å². The summed E-state index contributed by atoms with van der Waals surface area (Å²) in [5, 5.41) is 3.27. The van der Waals surface area contributed by atoms with E-state index in [9.17, 15) is 4.79 Å². The van der Waals surface area contributed by atoms with Crippen LogP contribution in [0.4, 0.5) is 11.6 Å². The first kappa shape index (κ1) is 22.7. The molecule has 0 bridgehead atoms. The average molecular weight is 448 g/mol. The molecule has 1 unspecified atom stereocenters. The molecule has 33 heavy (non-hydrogen) atoms. The van der Waals surface area contributed by atoms with E-state index in [4.69, 9.17) is 9.47 Å². The molecule has 8 heteroatoms. The molecule has 3 aromatic rings. The topological polar surface area (TPSA) is 89.5 Å². The molecule has 1 aromatic carbocycles. The van der Waals surface area contributed by atoms with Crippen molar-refractivity contribution in [2.75, 3.05) is 32.1 Å². The van der Waals surface area contributed by atoms with Crippen molar-refractivity contribution in [3.63, 3.8) is 0 Å². The zero-order valence-corrected chi connectivity index (χ0v) is 19.7. The number of hydrogen-bond acceptors (Lipinski definition) is 7. The fourth-order valence-electron chi connectivity index (χ4n) is 4.12. The molecule has 1 saturated heterocycles. The number of amides is 1. The number of aryl methyl sites for hydroxylation is 4. The largest absolute Gasteiger partial charge is 0.496 e. The SMILES string of the molecule is COc1c(C)cccc1C(=O)N1CCOC(c2cc(Nc3nc(C)cc(C)n3)cc(C)n2)C1. The molecule has 8 nitrogen and oxygen atoms in total. The van der Waals surface area contributed by atoms with E-state index < -0.39 is 0 Å². The smallest absolute Gasteiger partial charge is 0.257 e. The third-order valence-corrected chi connectivity index (χ3v) is 5.54. The van der Waals surface area contributed by atoms with Crippen LogP contribution in [0.25, 0.3) is 0 Å². The van der Waals surface area contributed by atoms with Gasteiger partial charge in [0, 0.05) is 29.3 Å². The summed E-state index contributed by atoms with van der Waals surface area (Å²) in [6.45, 7) is 9.10. The molecule has 1 amide bonds. The number of benzene rings is 1. The first-order valence-electron chi connectivity index (χ1n) is 11.0. The van der Waals surface area contributed by atoms with Crippen molar-refractivity contribution >= 4 is 17.5 Å². The van der Waals surface area contributed by atoms with Crippen LogP contribution in [0.3, 0.4) is 0 Å². The van der Waals surface area contributed by atoms with Gasteiger partial charge in [-0.25, -0.2) is 9.97 Å². The molecule has 1 aliphatic heterocycles. The van der Waals surface area contributed by atoms with Crippen molar-refractivity contribution in [2.24, 2.45) is 0 Å². The fraction of sp³-hybridized carbons (Fsp3) is 0.360. The summed E-state index contributed by atoms with van der Waals surface area (Å²) in [5.74, 6) is 1.08. The Morgan fingerprint density at radius 1 is 1.06 bits per heavy atom. The number of ether oxygens (including phenoxy) is 2. The minimum atomic E-state index is -0.334. The van der Waals surface area contributed by atoms with Crippen LogP contribution in [0, 0.1) is 27.7 Å². The molecule has 0 saturated carbocycles. The summed E-state index contributed by atoms with van der Waals surface area (Å²) in [6.07, 6.45) is -0.334. The van der Waals surface area contributed by atoms with Gasteiger partial charge in [-0.2, -0.15) is 0 Å². The van der Waals surface area contributed by atoms with Gasteiger partial charge in [-0.15, -0.1) is 0 Å². The highest BCUT2D eigenvalue weighted by Gasteiger charge is 2.29. The van der Waals surface area contributed by atoms with Crippen molar-refractivity contribution < 1.29 is 14.3 Å². The van der Waals surface area contributed by atoms with Crippen LogP contribution >= 0.6 is 0 Å². The quantitative estimate of drug-likeness (QED) is 0.631. The predicted molar refractivity (Wildman–Crippen MR) is 126 cm³/mol. The molecule has 4 rings (SSSR count). The van der Waals surface area contributed by atoms with Crippen LogP contribution in [-0.2, 0) is 4.74 Å². The van der Waals surface area contributed by atoms with Crippen LogP contribution in [0.2, 0.25) is 0 Å². The number of morpholine rings is 1. The van der Waals surface area contributed by atoms with Gasteiger partial charge in [-0.05, 0) is 57.5 Å². The van der Waals surface area contributed by atoms with Crippen molar-refractivity contribution in [1.82, 2.24) is 19.9 Å². The molecular formula is C25H29N5O3. The average Bonchev–Trinajstić information content (AvgIpc) is 2.77. The van der Waals surface area contributed by atoms with E-state index in [1.54, 1.807) is 18.1 Å². The Hall–Kier alpha value is -3.52. The lowest BCUT2D eigenvalue weighted by Gasteiger charge is -2.33. The summed E-state index contributed by atoms with van der Waals surface area (Å²) < 4.78 is 11.5. The summed E-state index contributed by atoms with van der Waals surface area (Å²) in [4.78, 5) is 28.7. The second kappa shape index (κ2) is 9.54. The van der Waals surface area contributed by atoms with Crippen LogP contribution < -0.4 is 10.1 Å². The highest BCUT2D eigenvalue weighted by molar-refractivity contribution is 5.97. The third kappa shape index (κ3) is 5.12. The van der Waals surface area contributed by atoms with Crippen molar-refractivity contribution in [2.45, 2.75) is 33.8 Å². The van der Waals surface area contributed by atoms with Gasteiger partial charge >= 0.3 is 0 Å². The van der Waals surface area contributed by atoms with Gasteiger partial charge in [0.2, 0.25) is 5.95 Å². The van der Waals surface area contributed by atoms with Gasteiger partial charge in [0.25, 0.3) is 5.91 Å². The number of nitrogens with zero attached hydrogens (tertiary/aromatic N) is 4. The zero-order chi connectivity index (χ0) is 23.5. The van der Waals surface area contributed by atoms with Gasteiger partial charge in [-0.3, -0.25) is 9.78 Å². The normalized spacial score (nSPS) is 15.9. The molecule has 1 N–H and O–H groups in total. The Balaban J connectivity index is 1.56. The van der Waals surface area contributed by atoms with Crippen LogP contribution in [0.15, 0.2) is 36.4 Å². The summed E-state index contributed by atoms with van der Waals surface area (Å²) in [5.41, 5.74) is 5.71. The molecule has 2 aromatic heterocycles. The predicted octanol–water partition coefficient (Wildman–Crippen LogP) is 4.07. The first-order valence-corrected chi connectivity index (χ1v) is 11.0. The van der Waals surface area contributed by atoms with Gasteiger partial charge in [0.05, 0.1) is 31.5 Å². The Labute approximate surface area is 194 Å². The molecule has 3 heterocycles. The Morgan fingerprint density at radius 2 is 1.79 bits per heavy atom. The molecule has 1 aliphatic rings. The van der Waals surface area contributed by atoms with E-state index in [0.717, 1.165) is 34.0 Å². The molecule has 1 fully saturated rings. The maximum absolute atomic E-state index is 13.3. The van der Waals surface area contributed by atoms with Gasteiger partial charge in [0.15, 0.2) is 0 Å². The van der Waals surface area contributed by atoms with Crippen LogP contribution in [-0.4, -0.2) is 52.6 Å². The van der Waals surface area contributed by atoms with E-state index in [1.165, 1.54) is 0 Å². The Bertz CT molecular complexity index is 1160. The lowest BCUT2D eigenvalue weighted by atomic mass is 10.1. The van der Waals surface area contributed by atoms with E-state index in [-0.39, 0.29) is 12.0 Å². The number of methoxy groups -OCH3 is 1. The lowest BCUT2D eigenvalue weighted by molar-refractivity contribution is -0.0248. The molecule has 0 aliphatic carbocycles. The van der Waals surface area contributed by atoms with Crippen molar-refractivity contribution in [3.8, 4) is 5.75 Å². The molecule has 0 spiro atoms. The maximum atomic E-state index is 13.3. The number of pyridine rings is 1.